The number of benzene rings is 1. The molecular formula is C22H26N2O. The smallest absolute Gasteiger partial charge is 0.180 e. The van der Waals surface area contributed by atoms with E-state index >= 15 is 0 Å². The molecule has 1 heterocycles. The van der Waals surface area contributed by atoms with Crippen LogP contribution in [0.25, 0.3) is 6.08 Å². The van der Waals surface area contributed by atoms with E-state index in [1.54, 1.807) is 6.26 Å². The molecule has 25 heavy (non-hydrogen) atoms. The van der Waals surface area contributed by atoms with Crippen molar-refractivity contribution in [2.45, 2.75) is 27.3 Å². The molecule has 2 rings (SSSR count). The molecule has 0 aliphatic rings. The second-order valence-electron chi connectivity index (χ2n) is 7.13. The predicted molar refractivity (Wildman–Crippen MR) is 104 cm³/mol. The maximum Gasteiger partial charge on any atom is 0.180 e. The van der Waals surface area contributed by atoms with Crippen LogP contribution in [-0.4, -0.2) is 23.5 Å². The Bertz CT molecular complexity index is 754. The summed E-state index contributed by atoms with van der Waals surface area (Å²) in [6.45, 7) is 7.87. The average Bonchev–Trinajstić information content (AvgIpc) is 3.05. The van der Waals surface area contributed by atoms with Crippen molar-refractivity contribution in [3.05, 3.63) is 72.0 Å². The van der Waals surface area contributed by atoms with Crippen molar-refractivity contribution in [2.24, 2.45) is 5.41 Å². The van der Waals surface area contributed by atoms with Gasteiger partial charge in [-0.15, -0.1) is 0 Å². The van der Waals surface area contributed by atoms with Gasteiger partial charge in [0, 0.05) is 18.5 Å². The normalized spacial score (nSPS) is 12.4. The van der Waals surface area contributed by atoms with Gasteiger partial charge in [0.1, 0.15) is 6.26 Å². The van der Waals surface area contributed by atoms with Crippen molar-refractivity contribution in [1.29, 1.82) is 0 Å². The Hall–Kier alpha value is -2.57. The monoisotopic (exact) mass is 334 g/mol. The second kappa shape index (κ2) is 9.05. The van der Waals surface area contributed by atoms with Gasteiger partial charge in [0.2, 0.25) is 0 Å². The van der Waals surface area contributed by atoms with Gasteiger partial charge in [-0.3, -0.25) is 4.90 Å². The number of rotatable bonds is 6. The zero-order chi connectivity index (χ0) is 18.1. The van der Waals surface area contributed by atoms with Gasteiger partial charge < -0.3 is 4.42 Å². The Morgan fingerprint density at radius 2 is 2.00 bits per heavy atom. The van der Waals surface area contributed by atoms with E-state index in [2.05, 4.69) is 73.8 Å². The van der Waals surface area contributed by atoms with Crippen molar-refractivity contribution in [3.8, 4) is 11.8 Å². The zero-order valence-electron chi connectivity index (χ0n) is 15.5. The number of nitrogens with zero attached hydrogens (tertiary/aromatic N) is 2. The first-order chi connectivity index (χ1) is 11.9. The third-order valence-electron chi connectivity index (χ3n) is 3.36. The van der Waals surface area contributed by atoms with Gasteiger partial charge in [-0.25, -0.2) is 4.98 Å². The minimum Gasteiger partial charge on any atom is -0.451 e. The number of aromatic nitrogens is 1. The lowest BCUT2D eigenvalue weighted by Gasteiger charge is -2.15. The molecule has 3 nitrogen and oxygen atoms in total. The highest BCUT2D eigenvalue weighted by Gasteiger charge is 2.05. The van der Waals surface area contributed by atoms with Crippen LogP contribution in [0.1, 0.15) is 32.0 Å². The van der Waals surface area contributed by atoms with Crippen molar-refractivity contribution < 1.29 is 4.42 Å². The lowest BCUT2D eigenvalue weighted by atomic mass is 9.98. The minimum atomic E-state index is -0.00261. The van der Waals surface area contributed by atoms with E-state index < -0.39 is 0 Å². The summed E-state index contributed by atoms with van der Waals surface area (Å²) in [5.74, 6) is 6.47. The fraction of sp³-hybridized carbons (Fsp3) is 0.318. The molecule has 0 fully saturated rings. The fourth-order valence-electron chi connectivity index (χ4n) is 2.22. The second-order valence-corrected chi connectivity index (χ2v) is 7.13. The summed E-state index contributed by atoms with van der Waals surface area (Å²) in [5, 5.41) is 0. The third-order valence-corrected chi connectivity index (χ3v) is 3.36. The van der Waals surface area contributed by atoms with Gasteiger partial charge in [0.05, 0.1) is 5.69 Å². The molecule has 3 heteroatoms. The molecule has 0 bridgehead atoms. The van der Waals surface area contributed by atoms with Crippen LogP contribution in [-0.2, 0) is 6.54 Å². The topological polar surface area (TPSA) is 29.3 Å². The van der Waals surface area contributed by atoms with E-state index in [9.17, 15) is 0 Å². The summed E-state index contributed by atoms with van der Waals surface area (Å²) in [7, 11) is 2.07. The molecule has 2 aromatic rings. The van der Waals surface area contributed by atoms with Crippen LogP contribution in [0, 0.1) is 17.3 Å². The lowest BCUT2D eigenvalue weighted by molar-refractivity contribution is 0.353. The standard InChI is InChI=1S/C22H26N2O/c1-22(2,3)14-8-11-20(13-12-19-9-6-5-7-10-19)15-24(4)16-21-17-25-18-23-21/h5-7,9-13,17-18H,15-16H2,1-4H3/b13-12+,20-11+. The van der Waals surface area contributed by atoms with Gasteiger partial charge in [-0.05, 0) is 45.0 Å². The molecule has 0 radical (unpaired) electrons. The van der Waals surface area contributed by atoms with E-state index in [1.807, 2.05) is 24.3 Å². The Labute approximate surface area is 151 Å². The van der Waals surface area contributed by atoms with Crippen LogP contribution >= 0.6 is 0 Å². The van der Waals surface area contributed by atoms with Gasteiger partial charge >= 0.3 is 0 Å². The maximum absolute atomic E-state index is 5.04. The van der Waals surface area contributed by atoms with Crippen LogP contribution in [0.15, 0.2) is 65.1 Å². The predicted octanol–water partition coefficient (Wildman–Crippen LogP) is 4.80. The average molecular weight is 334 g/mol. The third kappa shape index (κ3) is 7.69. The first-order valence-electron chi connectivity index (χ1n) is 8.43. The first-order valence-corrected chi connectivity index (χ1v) is 8.43. The summed E-state index contributed by atoms with van der Waals surface area (Å²) in [6.07, 6.45) is 9.40. The Morgan fingerprint density at radius 3 is 2.64 bits per heavy atom. The molecule has 0 saturated heterocycles. The molecule has 0 aliphatic carbocycles. The minimum absolute atomic E-state index is 0.00261. The van der Waals surface area contributed by atoms with Crippen LogP contribution in [0.2, 0.25) is 0 Å². The van der Waals surface area contributed by atoms with E-state index in [4.69, 9.17) is 4.42 Å². The summed E-state index contributed by atoms with van der Waals surface area (Å²) < 4.78 is 5.04. The van der Waals surface area contributed by atoms with E-state index in [-0.39, 0.29) is 5.41 Å². The van der Waals surface area contributed by atoms with Gasteiger partial charge in [0.25, 0.3) is 0 Å². The Kier molecular flexibility index (Phi) is 6.80. The van der Waals surface area contributed by atoms with Crippen LogP contribution in [0.4, 0.5) is 0 Å². The van der Waals surface area contributed by atoms with Crippen molar-refractivity contribution in [2.75, 3.05) is 13.6 Å². The molecule has 0 saturated carbocycles. The van der Waals surface area contributed by atoms with Gasteiger partial charge in [-0.2, -0.15) is 0 Å². The van der Waals surface area contributed by atoms with Crippen molar-refractivity contribution in [1.82, 2.24) is 9.88 Å². The van der Waals surface area contributed by atoms with E-state index in [1.165, 1.54) is 12.0 Å². The molecule has 130 valence electrons. The van der Waals surface area contributed by atoms with Gasteiger partial charge in [0.15, 0.2) is 6.39 Å². The summed E-state index contributed by atoms with van der Waals surface area (Å²) in [4.78, 5) is 6.37. The number of hydrogen-bond acceptors (Lipinski definition) is 3. The number of oxazole rings is 1. The van der Waals surface area contributed by atoms with Crippen LogP contribution in [0.5, 0.6) is 0 Å². The zero-order valence-corrected chi connectivity index (χ0v) is 15.5. The first kappa shape index (κ1) is 18.8. The number of allylic oxidation sites excluding steroid dienone is 1. The highest BCUT2D eigenvalue weighted by Crippen LogP contribution is 2.11. The molecule has 0 amide bonds. The highest BCUT2D eigenvalue weighted by molar-refractivity contribution is 5.53. The van der Waals surface area contributed by atoms with E-state index in [0.29, 0.717) is 0 Å². The molecule has 0 atom stereocenters. The molecular weight excluding hydrogens is 308 g/mol. The summed E-state index contributed by atoms with van der Waals surface area (Å²) in [5.41, 5.74) is 3.26. The largest absolute Gasteiger partial charge is 0.451 e. The SMILES string of the molecule is CN(CC(/C=C/c1ccccc1)=C/C#CC(C)(C)C)Cc1cocn1. The summed E-state index contributed by atoms with van der Waals surface area (Å²) >= 11 is 0. The van der Waals surface area contributed by atoms with Crippen LogP contribution in [0.3, 0.4) is 0 Å². The molecule has 0 unspecified atom stereocenters. The Balaban J connectivity index is 2.11. The molecule has 0 aliphatic heterocycles. The number of likely N-dealkylation sites (N-methyl/N-ethyl adjacent to an activating group) is 1. The van der Waals surface area contributed by atoms with Crippen molar-refractivity contribution >= 4 is 6.08 Å². The lowest BCUT2D eigenvalue weighted by Crippen LogP contribution is -2.20. The van der Waals surface area contributed by atoms with Crippen LogP contribution < -0.4 is 0 Å². The molecule has 1 aromatic heterocycles. The quantitative estimate of drug-likeness (QED) is 0.561. The molecule has 0 N–H and O–H groups in total. The Morgan fingerprint density at radius 1 is 1.24 bits per heavy atom. The number of hydrogen-bond donors (Lipinski definition) is 0. The van der Waals surface area contributed by atoms with Crippen molar-refractivity contribution in [3.63, 3.8) is 0 Å². The van der Waals surface area contributed by atoms with E-state index in [0.717, 1.165) is 24.4 Å². The van der Waals surface area contributed by atoms with Gasteiger partial charge in [-0.1, -0.05) is 54.3 Å². The molecule has 0 spiro atoms. The summed E-state index contributed by atoms with van der Waals surface area (Å²) in [6, 6.07) is 10.3. The fourth-order valence-corrected chi connectivity index (χ4v) is 2.22. The highest BCUT2D eigenvalue weighted by atomic mass is 16.3. The maximum atomic E-state index is 5.04. The molecule has 1 aromatic carbocycles.